The van der Waals surface area contributed by atoms with Gasteiger partial charge in [-0.05, 0) is 25.5 Å². The second-order valence-electron chi connectivity index (χ2n) is 4.58. The number of hydrogen-bond donors (Lipinski definition) is 1. The quantitative estimate of drug-likeness (QED) is 0.837. The number of aliphatic hydroxyl groups is 1. The Hall–Kier alpha value is -1.13. The molecule has 1 saturated heterocycles. The van der Waals surface area contributed by atoms with Gasteiger partial charge in [0.05, 0.1) is 16.2 Å². The maximum atomic E-state index is 13.2. The summed E-state index contributed by atoms with van der Waals surface area (Å²) in [5.74, 6) is -0.948. The van der Waals surface area contributed by atoms with Crippen LogP contribution in [0.1, 0.15) is 23.7 Å². The van der Waals surface area contributed by atoms with Crippen molar-refractivity contribution in [3.63, 3.8) is 0 Å². The molecule has 92 valence electrons. The molecule has 1 aromatic rings. The van der Waals surface area contributed by atoms with Gasteiger partial charge in [-0.25, -0.2) is 4.39 Å². The maximum absolute atomic E-state index is 13.2. The largest absolute Gasteiger partial charge is 0.388 e. The Morgan fingerprint density at radius 3 is 2.88 bits per heavy atom. The molecule has 0 bridgehead atoms. The molecular weight excluding hydrogens is 245 g/mol. The summed E-state index contributed by atoms with van der Waals surface area (Å²) in [5.41, 5.74) is -0.723. The van der Waals surface area contributed by atoms with Crippen LogP contribution < -0.4 is 0 Å². The first kappa shape index (κ1) is 12.3. The molecule has 0 spiro atoms. The van der Waals surface area contributed by atoms with Gasteiger partial charge in [-0.3, -0.25) is 4.79 Å². The average molecular weight is 258 g/mol. The van der Waals surface area contributed by atoms with Crippen LogP contribution in [0, 0.1) is 5.82 Å². The zero-order valence-corrected chi connectivity index (χ0v) is 10.2. The minimum atomic E-state index is -0.866. The van der Waals surface area contributed by atoms with Gasteiger partial charge in [0.25, 0.3) is 5.91 Å². The van der Waals surface area contributed by atoms with Gasteiger partial charge < -0.3 is 10.0 Å². The molecule has 1 heterocycles. The van der Waals surface area contributed by atoms with E-state index in [0.717, 1.165) is 0 Å². The van der Waals surface area contributed by atoms with Crippen LogP contribution in [0.4, 0.5) is 4.39 Å². The first-order valence-electron chi connectivity index (χ1n) is 5.36. The van der Waals surface area contributed by atoms with E-state index in [1.807, 2.05) is 0 Å². The number of nitrogens with zero attached hydrogens (tertiary/aromatic N) is 1. The molecule has 1 unspecified atom stereocenters. The van der Waals surface area contributed by atoms with E-state index in [0.29, 0.717) is 13.0 Å². The normalized spacial score (nSPS) is 24.1. The predicted molar refractivity (Wildman–Crippen MR) is 62.6 cm³/mol. The predicted octanol–water partition coefficient (Wildman–Crippen LogP) is 2.08. The fraction of sp³-hybridized carbons (Fsp3) is 0.417. The summed E-state index contributed by atoms with van der Waals surface area (Å²) in [7, 11) is 0. The number of benzene rings is 1. The Balaban J connectivity index is 2.24. The van der Waals surface area contributed by atoms with Gasteiger partial charge in [0, 0.05) is 13.1 Å². The summed E-state index contributed by atoms with van der Waals surface area (Å²) in [6.45, 7) is 2.38. The van der Waals surface area contributed by atoms with Crippen molar-refractivity contribution in [1.29, 1.82) is 0 Å². The molecule has 3 nitrogen and oxygen atoms in total. The van der Waals surface area contributed by atoms with Crippen molar-refractivity contribution in [3.8, 4) is 0 Å². The number of carbonyl (C=O) groups excluding carboxylic acids is 1. The Kier molecular flexibility index (Phi) is 3.10. The van der Waals surface area contributed by atoms with Crippen molar-refractivity contribution in [2.45, 2.75) is 18.9 Å². The fourth-order valence-electron chi connectivity index (χ4n) is 1.96. The van der Waals surface area contributed by atoms with E-state index < -0.39 is 11.4 Å². The molecule has 1 fully saturated rings. The highest BCUT2D eigenvalue weighted by Gasteiger charge is 2.35. The van der Waals surface area contributed by atoms with Crippen LogP contribution in [-0.2, 0) is 0 Å². The lowest BCUT2D eigenvalue weighted by Crippen LogP contribution is -2.34. The molecule has 17 heavy (non-hydrogen) atoms. The van der Waals surface area contributed by atoms with E-state index in [1.54, 1.807) is 6.92 Å². The zero-order chi connectivity index (χ0) is 12.6. The third kappa shape index (κ3) is 2.42. The van der Waals surface area contributed by atoms with Crippen molar-refractivity contribution < 1.29 is 14.3 Å². The zero-order valence-electron chi connectivity index (χ0n) is 9.41. The van der Waals surface area contributed by atoms with Crippen LogP contribution >= 0.6 is 11.6 Å². The van der Waals surface area contributed by atoms with E-state index in [9.17, 15) is 14.3 Å². The lowest BCUT2D eigenvalue weighted by molar-refractivity contribution is 0.0572. The van der Waals surface area contributed by atoms with Crippen molar-refractivity contribution in [1.82, 2.24) is 4.90 Å². The lowest BCUT2D eigenvalue weighted by Gasteiger charge is -2.19. The number of β-amino-alcohol motifs (C(OH)–C–C–N with tert-alkyl or cyclic N) is 1. The highest BCUT2D eigenvalue weighted by molar-refractivity contribution is 6.34. The van der Waals surface area contributed by atoms with E-state index in [2.05, 4.69) is 0 Å². The molecule has 0 radical (unpaired) electrons. The van der Waals surface area contributed by atoms with Gasteiger partial charge in [-0.2, -0.15) is 0 Å². The van der Waals surface area contributed by atoms with Crippen molar-refractivity contribution in [2.75, 3.05) is 13.1 Å². The minimum absolute atomic E-state index is 0.143. The first-order chi connectivity index (χ1) is 7.91. The standard InChI is InChI=1S/C12H13ClFNO2/c1-12(17)5-6-15(7-12)11(16)8-3-2-4-9(14)10(8)13/h2-4,17H,5-7H2,1H3. The molecular formula is C12H13ClFNO2. The summed E-state index contributed by atoms with van der Waals surface area (Å²) in [6.07, 6.45) is 0.520. The SMILES string of the molecule is CC1(O)CCN(C(=O)c2cccc(F)c2Cl)C1. The third-order valence-electron chi connectivity index (χ3n) is 2.92. The Morgan fingerprint density at radius 1 is 1.59 bits per heavy atom. The van der Waals surface area contributed by atoms with E-state index in [-0.39, 0.29) is 23.0 Å². The van der Waals surface area contributed by atoms with E-state index in [4.69, 9.17) is 11.6 Å². The molecule has 0 aromatic heterocycles. The first-order valence-corrected chi connectivity index (χ1v) is 5.74. The van der Waals surface area contributed by atoms with Gasteiger partial charge in [0.1, 0.15) is 5.82 Å². The highest BCUT2D eigenvalue weighted by Crippen LogP contribution is 2.26. The highest BCUT2D eigenvalue weighted by atomic mass is 35.5. The van der Waals surface area contributed by atoms with E-state index in [1.165, 1.54) is 23.1 Å². The van der Waals surface area contributed by atoms with Gasteiger partial charge in [0.15, 0.2) is 0 Å². The minimum Gasteiger partial charge on any atom is -0.388 e. The maximum Gasteiger partial charge on any atom is 0.255 e. The number of halogens is 2. The van der Waals surface area contributed by atoms with Crippen LogP contribution in [0.2, 0.25) is 5.02 Å². The van der Waals surface area contributed by atoms with Gasteiger partial charge >= 0.3 is 0 Å². The molecule has 5 heteroatoms. The Morgan fingerprint density at radius 2 is 2.29 bits per heavy atom. The van der Waals surface area contributed by atoms with Crippen LogP contribution in [0.5, 0.6) is 0 Å². The monoisotopic (exact) mass is 257 g/mol. The number of amides is 1. The molecule has 1 N–H and O–H groups in total. The van der Waals surface area contributed by atoms with Crippen molar-refractivity contribution >= 4 is 17.5 Å². The van der Waals surface area contributed by atoms with Crippen LogP contribution in [-0.4, -0.2) is 34.6 Å². The summed E-state index contributed by atoms with van der Waals surface area (Å²) in [4.78, 5) is 13.6. The van der Waals surface area contributed by atoms with E-state index >= 15 is 0 Å². The Bertz CT molecular complexity index is 462. The molecule has 1 atom stereocenters. The smallest absolute Gasteiger partial charge is 0.255 e. The molecule has 1 aliphatic rings. The number of likely N-dealkylation sites (tertiary alicyclic amines) is 1. The topological polar surface area (TPSA) is 40.5 Å². The van der Waals surface area contributed by atoms with Crippen LogP contribution in [0.25, 0.3) is 0 Å². The number of rotatable bonds is 1. The molecule has 1 aliphatic heterocycles. The average Bonchev–Trinajstić information content (AvgIpc) is 2.62. The molecule has 2 rings (SSSR count). The van der Waals surface area contributed by atoms with Gasteiger partial charge in [-0.15, -0.1) is 0 Å². The van der Waals surface area contributed by atoms with Crippen LogP contribution in [0.3, 0.4) is 0 Å². The van der Waals surface area contributed by atoms with Crippen molar-refractivity contribution in [3.05, 3.63) is 34.6 Å². The van der Waals surface area contributed by atoms with Crippen molar-refractivity contribution in [2.24, 2.45) is 0 Å². The summed E-state index contributed by atoms with van der Waals surface area (Å²) >= 11 is 5.75. The van der Waals surface area contributed by atoms with Gasteiger partial charge in [-0.1, -0.05) is 17.7 Å². The molecule has 0 aliphatic carbocycles. The second kappa shape index (κ2) is 4.27. The number of hydrogen-bond acceptors (Lipinski definition) is 2. The summed E-state index contributed by atoms with van der Waals surface area (Å²) in [6, 6.07) is 4.14. The number of carbonyl (C=O) groups is 1. The Labute approximate surface area is 104 Å². The molecule has 0 saturated carbocycles. The second-order valence-corrected chi connectivity index (χ2v) is 4.95. The molecule has 1 amide bonds. The van der Waals surface area contributed by atoms with Crippen LogP contribution in [0.15, 0.2) is 18.2 Å². The molecule has 1 aromatic carbocycles. The third-order valence-corrected chi connectivity index (χ3v) is 3.31. The fourth-order valence-corrected chi connectivity index (χ4v) is 2.16. The lowest BCUT2D eigenvalue weighted by atomic mass is 10.1. The summed E-state index contributed by atoms with van der Waals surface area (Å²) < 4.78 is 13.2. The van der Waals surface area contributed by atoms with Gasteiger partial charge in [0.2, 0.25) is 0 Å². The summed E-state index contributed by atoms with van der Waals surface area (Å²) in [5, 5.41) is 9.62.